The lowest BCUT2D eigenvalue weighted by molar-refractivity contribution is -0.0189. The number of halogens is 2. The summed E-state index contributed by atoms with van der Waals surface area (Å²) in [5.41, 5.74) is 1.84. The molecule has 1 aromatic carbocycles. The molecule has 3 aliphatic heterocycles. The van der Waals surface area contributed by atoms with Gasteiger partial charge in [-0.3, -0.25) is 4.90 Å². The van der Waals surface area contributed by atoms with Crippen LogP contribution in [0.25, 0.3) is 11.0 Å². The van der Waals surface area contributed by atoms with Gasteiger partial charge in [0.05, 0.1) is 10.4 Å². The van der Waals surface area contributed by atoms with Crippen molar-refractivity contribution in [1.29, 1.82) is 0 Å². The van der Waals surface area contributed by atoms with Crippen molar-refractivity contribution < 1.29 is 4.52 Å². The van der Waals surface area contributed by atoms with Crippen LogP contribution in [0.2, 0.25) is 5.02 Å². The highest BCUT2D eigenvalue weighted by Gasteiger charge is 2.47. The summed E-state index contributed by atoms with van der Waals surface area (Å²) in [5.74, 6) is 1.52. The van der Waals surface area contributed by atoms with Crippen molar-refractivity contribution >= 4 is 40.8 Å². The van der Waals surface area contributed by atoms with Gasteiger partial charge >= 0.3 is 0 Å². The molecule has 4 heterocycles. The second-order valence-corrected chi connectivity index (χ2v) is 7.58. The maximum absolute atomic E-state index is 6.33. The zero-order chi connectivity index (χ0) is 15.5. The second kappa shape index (κ2) is 5.83. The molecule has 0 radical (unpaired) electrons. The average Bonchev–Trinajstić information content (AvgIpc) is 2.91. The molecule has 1 unspecified atom stereocenters. The predicted octanol–water partition coefficient (Wildman–Crippen LogP) is 4.50. The molecule has 0 saturated carbocycles. The molecule has 23 heavy (non-hydrogen) atoms. The van der Waals surface area contributed by atoms with Crippen molar-refractivity contribution in [3.63, 3.8) is 0 Å². The topological polar surface area (TPSA) is 41.3 Å². The average molecular weight is 356 g/mol. The first-order chi connectivity index (χ1) is 10.5. The number of fused-ring (bicyclic) bond motifs is 4. The molecule has 0 amide bonds. The SMILES string of the molecule is Cc1ccc2c(NC3C4CCN(CC4)C3(C)C)noc2c1Cl.Cl. The Balaban J connectivity index is 0.00000156. The van der Waals surface area contributed by atoms with Crippen molar-refractivity contribution in [1.82, 2.24) is 10.1 Å². The van der Waals surface area contributed by atoms with E-state index in [1.807, 2.05) is 19.1 Å². The summed E-state index contributed by atoms with van der Waals surface area (Å²) < 4.78 is 5.49. The number of benzene rings is 1. The summed E-state index contributed by atoms with van der Waals surface area (Å²) in [4.78, 5) is 2.59. The third kappa shape index (κ3) is 2.51. The molecule has 1 N–H and O–H groups in total. The van der Waals surface area contributed by atoms with Crippen molar-refractivity contribution in [3.05, 3.63) is 22.7 Å². The van der Waals surface area contributed by atoms with Crippen molar-refractivity contribution in [3.8, 4) is 0 Å². The molecule has 1 atom stereocenters. The molecular formula is C17H23Cl2N3O. The molecule has 3 saturated heterocycles. The molecular weight excluding hydrogens is 333 g/mol. The maximum Gasteiger partial charge on any atom is 0.187 e. The van der Waals surface area contributed by atoms with E-state index < -0.39 is 0 Å². The van der Waals surface area contributed by atoms with E-state index in [2.05, 4.69) is 29.2 Å². The Labute approximate surface area is 147 Å². The first-order valence-electron chi connectivity index (χ1n) is 8.04. The van der Waals surface area contributed by atoms with Gasteiger partial charge in [0, 0.05) is 11.6 Å². The minimum absolute atomic E-state index is 0. The molecule has 3 fully saturated rings. The normalized spacial score (nSPS) is 28.6. The number of rotatable bonds is 2. The van der Waals surface area contributed by atoms with Crippen LogP contribution in [0.4, 0.5) is 5.82 Å². The van der Waals surface area contributed by atoms with Gasteiger partial charge in [-0.15, -0.1) is 12.4 Å². The van der Waals surface area contributed by atoms with Gasteiger partial charge in [-0.2, -0.15) is 0 Å². The minimum Gasteiger partial charge on any atom is -0.362 e. The molecule has 3 aliphatic rings. The fourth-order valence-electron chi connectivity index (χ4n) is 4.20. The van der Waals surface area contributed by atoms with Gasteiger partial charge in [0.25, 0.3) is 0 Å². The van der Waals surface area contributed by atoms with E-state index in [-0.39, 0.29) is 17.9 Å². The Kier molecular flexibility index (Phi) is 4.28. The number of hydrogen-bond acceptors (Lipinski definition) is 4. The summed E-state index contributed by atoms with van der Waals surface area (Å²) in [5, 5.41) is 9.55. The number of aromatic nitrogens is 1. The fourth-order valence-corrected chi connectivity index (χ4v) is 4.40. The van der Waals surface area contributed by atoms with Gasteiger partial charge in [0.2, 0.25) is 0 Å². The molecule has 2 aromatic rings. The van der Waals surface area contributed by atoms with Gasteiger partial charge in [0.1, 0.15) is 0 Å². The van der Waals surface area contributed by atoms with Crippen molar-refractivity contribution in [2.24, 2.45) is 5.92 Å². The van der Waals surface area contributed by atoms with Crippen LogP contribution >= 0.6 is 24.0 Å². The van der Waals surface area contributed by atoms with E-state index in [0.29, 0.717) is 22.6 Å². The van der Waals surface area contributed by atoms with E-state index in [1.54, 1.807) is 0 Å². The fraction of sp³-hybridized carbons (Fsp3) is 0.588. The van der Waals surface area contributed by atoms with Crippen LogP contribution < -0.4 is 5.32 Å². The molecule has 2 bridgehead atoms. The van der Waals surface area contributed by atoms with Crippen molar-refractivity contribution in [2.45, 2.75) is 45.2 Å². The Morgan fingerprint density at radius 1 is 1.30 bits per heavy atom. The number of hydrogen-bond donors (Lipinski definition) is 1. The predicted molar refractivity (Wildman–Crippen MR) is 96.8 cm³/mol. The Morgan fingerprint density at radius 3 is 2.65 bits per heavy atom. The van der Waals surface area contributed by atoms with E-state index >= 15 is 0 Å². The smallest absolute Gasteiger partial charge is 0.187 e. The van der Waals surface area contributed by atoms with E-state index in [9.17, 15) is 0 Å². The lowest BCUT2D eigenvalue weighted by atomic mass is 9.72. The summed E-state index contributed by atoms with van der Waals surface area (Å²) in [6.07, 6.45) is 2.52. The van der Waals surface area contributed by atoms with Gasteiger partial charge in [-0.25, -0.2) is 0 Å². The third-order valence-corrected chi connectivity index (χ3v) is 6.12. The van der Waals surface area contributed by atoms with E-state index in [0.717, 1.165) is 16.8 Å². The maximum atomic E-state index is 6.33. The van der Waals surface area contributed by atoms with Gasteiger partial charge in [-0.1, -0.05) is 22.8 Å². The number of piperidine rings is 3. The largest absolute Gasteiger partial charge is 0.362 e. The molecule has 4 nitrogen and oxygen atoms in total. The monoisotopic (exact) mass is 355 g/mol. The Hall–Kier alpha value is -0.970. The van der Waals surface area contributed by atoms with E-state index in [4.69, 9.17) is 16.1 Å². The van der Waals surface area contributed by atoms with Crippen LogP contribution in [-0.4, -0.2) is 34.7 Å². The van der Waals surface area contributed by atoms with Crippen LogP contribution in [0.3, 0.4) is 0 Å². The lowest BCUT2D eigenvalue weighted by Crippen LogP contribution is -2.66. The zero-order valence-corrected chi connectivity index (χ0v) is 15.3. The lowest BCUT2D eigenvalue weighted by Gasteiger charge is -2.56. The van der Waals surface area contributed by atoms with E-state index in [1.165, 1.54) is 25.9 Å². The Bertz CT molecular complexity index is 720. The van der Waals surface area contributed by atoms with Crippen LogP contribution in [0.15, 0.2) is 16.7 Å². The quantitative estimate of drug-likeness (QED) is 0.861. The summed E-state index contributed by atoms with van der Waals surface area (Å²) >= 11 is 6.33. The summed E-state index contributed by atoms with van der Waals surface area (Å²) in [6, 6.07) is 4.46. The minimum atomic E-state index is 0. The summed E-state index contributed by atoms with van der Waals surface area (Å²) in [6.45, 7) is 9.06. The molecule has 0 spiro atoms. The Morgan fingerprint density at radius 2 is 2.00 bits per heavy atom. The first kappa shape index (κ1) is 16.9. The van der Waals surface area contributed by atoms with Crippen LogP contribution in [0.5, 0.6) is 0 Å². The number of nitrogens with zero attached hydrogens (tertiary/aromatic N) is 2. The molecule has 1 aromatic heterocycles. The highest BCUT2D eigenvalue weighted by atomic mass is 35.5. The highest BCUT2D eigenvalue weighted by molar-refractivity contribution is 6.35. The zero-order valence-electron chi connectivity index (χ0n) is 13.7. The molecule has 5 rings (SSSR count). The number of aryl methyl sites for hydroxylation is 1. The summed E-state index contributed by atoms with van der Waals surface area (Å²) in [7, 11) is 0. The highest BCUT2D eigenvalue weighted by Crippen LogP contribution is 2.41. The first-order valence-corrected chi connectivity index (χ1v) is 8.42. The molecule has 126 valence electrons. The number of nitrogens with one attached hydrogen (secondary N) is 1. The standard InChI is InChI=1S/C17H22ClN3O.ClH/c1-10-4-5-12-14(13(10)18)22-20-16(12)19-15-11-6-8-21(9-7-11)17(15,2)3;/h4-5,11,15H,6-9H2,1-3H3,(H,19,20);1H. The molecule has 6 heteroatoms. The van der Waals surface area contributed by atoms with Crippen LogP contribution in [0, 0.1) is 12.8 Å². The second-order valence-electron chi connectivity index (χ2n) is 7.20. The van der Waals surface area contributed by atoms with Crippen molar-refractivity contribution in [2.75, 3.05) is 18.4 Å². The molecule has 0 aliphatic carbocycles. The number of anilines is 1. The third-order valence-electron chi connectivity index (χ3n) is 5.65. The van der Waals surface area contributed by atoms with Gasteiger partial charge in [-0.05, 0) is 64.3 Å². The van der Waals surface area contributed by atoms with Crippen LogP contribution in [-0.2, 0) is 0 Å². The van der Waals surface area contributed by atoms with Gasteiger partial charge in [0.15, 0.2) is 11.4 Å². The van der Waals surface area contributed by atoms with Crippen LogP contribution in [0.1, 0.15) is 32.3 Å². The van der Waals surface area contributed by atoms with Gasteiger partial charge < -0.3 is 9.84 Å².